The van der Waals surface area contributed by atoms with Crippen LogP contribution >= 0.6 is 12.6 Å². The summed E-state index contributed by atoms with van der Waals surface area (Å²) < 4.78 is 5.05. The van der Waals surface area contributed by atoms with Crippen LogP contribution in [0.4, 0.5) is 5.69 Å². The van der Waals surface area contributed by atoms with Gasteiger partial charge in [0.15, 0.2) is 0 Å². The van der Waals surface area contributed by atoms with Crippen LogP contribution in [-0.2, 0) is 4.74 Å². The molecule has 0 aliphatic rings. The number of hydrogen-bond donors (Lipinski definition) is 2. The van der Waals surface area contributed by atoms with Crippen molar-refractivity contribution in [2.24, 2.45) is 0 Å². The van der Waals surface area contributed by atoms with Gasteiger partial charge in [0.1, 0.15) is 0 Å². The predicted molar refractivity (Wildman–Crippen MR) is 63.3 cm³/mol. The van der Waals surface area contributed by atoms with Crippen molar-refractivity contribution < 1.29 is 9.53 Å². The van der Waals surface area contributed by atoms with Crippen LogP contribution in [-0.4, -0.2) is 12.6 Å². The van der Waals surface area contributed by atoms with Gasteiger partial charge in [0.05, 0.1) is 17.9 Å². The average Bonchev–Trinajstić information content (AvgIpc) is 2.22. The molecule has 0 bridgehead atoms. The highest BCUT2D eigenvalue weighted by Crippen LogP contribution is 2.21. The molecule has 0 aliphatic carbocycles. The number of nitrogens with two attached hydrogens (primary N) is 1. The second-order valence-corrected chi connectivity index (χ2v) is 3.71. The van der Waals surface area contributed by atoms with Gasteiger partial charge in [0.25, 0.3) is 0 Å². The molecule has 0 aliphatic heterocycles. The van der Waals surface area contributed by atoms with Crippen molar-refractivity contribution in [1.82, 2.24) is 0 Å². The van der Waals surface area contributed by atoms with Crippen LogP contribution in [0.3, 0.4) is 0 Å². The van der Waals surface area contributed by atoms with Gasteiger partial charge < -0.3 is 10.5 Å². The van der Waals surface area contributed by atoms with Crippen LogP contribution < -0.4 is 5.73 Å². The van der Waals surface area contributed by atoms with Gasteiger partial charge in [-0.05, 0) is 18.6 Å². The molecule has 1 rings (SSSR count). The van der Waals surface area contributed by atoms with E-state index in [0.717, 1.165) is 12.8 Å². The van der Waals surface area contributed by atoms with Crippen molar-refractivity contribution in [2.45, 2.75) is 24.7 Å². The maximum atomic E-state index is 11.6. The zero-order valence-electron chi connectivity index (χ0n) is 8.69. The topological polar surface area (TPSA) is 52.3 Å². The molecular weight excluding hydrogens is 210 g/mol. The maximum Gasteiger partial charge on any atom is 0.340 e. The third-order valence-corrected chi connectivity index (χ3v) is 2.42. The molecule has 0 atom stereocenters. The fourth-order valence-corrected chi connectivity index (χ4v) is 1.32. The van der Waals surface area contributed by atoms with Crippen LogP contribution in [0.5, 0.6) is 0 Å². The Morgan fingerprint density at radius 2 is 2.27 bits per heavy atom. The lowest BCUT2D eigenvalue weighted by Gasteiger charge is -2.07. The number of rotatable bonds is 4. The number of esters is 1. The van der Waals surface area contributed by atoms with E-state index in [2.05, 4.69) is 12.6 Å². The Kier molecular flexibility index (Phi) is 4.49. The molecular formula is C11H15NO2S. The van der Waals surface area contributed by atoms with Gasteiger partial charge in [-0.1, -0.05) is 19.4 Å². The third kappa shape index (κ3) is 3.16. The summed E-state index contributed by atoms with van der Waals surface area (Å²) in [5.41, 5.74) is 6.48. The van der Waals surface area contributed by atoms with E-state index in [1.165, 1.54) is 0 Å². The Hall–Kier alpha value is -1.16. The van der Waals surface area contributed by atoms with Crippen molar-refractivity contribution in [1.29, 1.82) is 0 Å². The number of carbonyl (C=O) groups excluding carboxylic acids is 1. The largest absolute Gasteiger partial charge is 0.462 e. The van der Waals surface area contributed by atoms with E-state index in [-0.39, 0.29) is 5.97 Å². The van der Waals surface area contributed by atoms with E-state index < -0.39 is 0 Å². The summed E-state index contributed by atoms with van der Waals surface area (Å²) in [6.07, 6.45) is 1.86. The molecule has 0 heterocycles. The number of anilines is 1. The Morgan fingerprint density at radius 1 is 1.53 bits per heavy atom. The highest BCUT2D eigenvalue weighted by atomic mass is 32.1. The summed E-state index contributed by atoms with van der Waals surface area (Å²) in [4.78, 5) is 12.2. The molecule has 0 spiro atoms. The summed E-state index contributed by atoms with van der Waals surface area (Å²) in [5.74, 6) is -0.378. The van der Waals surface area contributed by atoms with Crippen molar-refractivity contribution >= 4 is 24.3 Å². The molecule has 15 heavy (non-hydrogen) atoms. The molecule has 3 nitrogen and oxygen atoms in total. The number of thiol groups is 1. The quantitative estimate of drug-likeness (QED) is 0.358. The summed E-state index contributed by atoms with van der Waals surface area (Å²) >= 11 is 4.14. The molecule has 1 aromatic rings. The van der Waals surface area contributed by atoms with Crippen LogP contribution in [0.15, 0.2) is 23.1 Å². The maximum absolute atomic E-state index is 11.6. The minimum Gasteiger partial charge on any atom is -0.462 e. The first-order valence-corrected chi connectivity index (χ1v) is 5.36. The van der Waals surface area contributed by atoms with Gasteiger partial charge >= 0.3 is 5.97 Å². The van der Waals surface area contributed by atoms with Crippen LogP contribution in [0, 0.1) is 0 Å². The van der Waals surface area contributed by atoms with E-state index in [1.807, 2.05) is 6.92 Å². The van der Waals surface area contributed by atoms with E-state index in [1.54, 1.807) is 18.2 Å². The molecule has 0 saturated heterocycles. The lowest BCUT2D eigenvalue weighted by Crippen LogP contribution is -2.09. The number of carbonyl (C=O) groups is 1. The molecule has 0 amide bonds. The molecule has 0 unspecified atom stereocenters. The zero-order valence-corrected chi connectivity index (χ0v) is 9.59. The Labute approximate surface area is 95.0 Å². The van der Waals surface area contributed by atoms with Gasteiger partial charge in [0, 0.05) is 4.90 Å². The first kappa shape index (κ1) is 11.9. The fraction of sp³-hybridized carbons (Fsp3) is 0.364. The van der Waals surface area contributed by atoms with E-state index in [9.17, 15) is 4.79 Å². The van der Waals surface area contributed by atoms with Crippen LogP contribution in [0.2, 0.25) is 0 Å². The van der Waals surface area contributed by atoms with Gasteiger partial charge in [-0.15, -0.1) is 12.6 Å². The summed E-state index contributed by atoms with van der Waals surface area (Å²) in [6, 6.07) is 5.11. The highest BCUT2D eigenvalue weighted by molar-refractivity contribution is 7.80. The Balaban J connectivity index is 2.69. The van der Waals surface area contributed by atoms with Gasteiger partial charge in [-0.2, -0.15) is 0 Å². The standard InChI is InChI=1S/C11H15NO2S/c1-2-3-7-14-11(13)8-5-4-6-9(15)10(8)12/h4-6,15H,2-3,7,12H2,1H3. The third-order valence-electron chi connectivity index (χ3n) is 2.03. The zero-order chi connectivity index (χ0) is 11.3. The first-order chi connectivity index (χ1) is 7.16. The monoisotopic (exact) mass is 225 g/mol. The fourth-order valence-electron chi connectivity index (χ4n) is 1.12. The first-order valence-electron chi connectivity index (χ1n) is 4.91. The van der Waals surface area contributed by atoms with Gasteiger partial charge in [-0.25, -0.2) is 4.79 Å². The van der Waals surface area contributed by atoms with Crippen LogP contribution in [0.25, 0.3) is 0 Å². The number of hydrogen-bond acceptors (Lipinski definition) is 4. The lowest BCUT2D eigenvalue weighted by atomic mass is 10.2. The predicted octanol–water partition coefficient (Wildman–Crippen LogP) is 2.51. The molecule has 82 valence electrons. The van der Waals surface area contributed by atoms with Crippen molar-refractivity contribution in [3.8, 4) is 0 Å². The minimum atomic E-state index is -0.378. The molecule has 1 aromatic carbocycles. The summed E-state index contributed by atoms with van der Waals surface area (Å²) in [7, 11) is 0. The molecule has 2 N–H and O–H groups in total. The summed E-state index contributed by atoms with van der Waals surface area (Å²) in [6.45, 7) is 2.47. The van der Waals surface area contributed by atoms with E-state index >= 15 is 0 Å². The Bertz CT molecular complexity index is 352. The van der Waals surface area contributed by atoms with E-state index in [4.69, 9.17) is 10.5 Å². The molecule has 0 saturated carbocycles. The average molecular weight is 225 g/mol. The number of benzene rings is 1. The van der Waals surface area contributed by atoms with Gasteiger partial charge in [0.2, 0.25) is 0 Å². The normalized spacial score (nSPS) is 10.0. The van der Waals surface area contributed by atoms with Gasteiger partial charge in [-0.3, -0.25) is 0 Å². The molecule has 0 radical (unpaired) electrons. The molecule has 4 heteroatoms. The number of ether oxygens (including phenoxy) is 1. The van der Waals surface area contributed by atoms with Crippen molar-refractivity contribution in [2.75, 3.05) is 12.3 Å². The minimum absolute atomic E-state index is 0.377. The molecule has 0 fully saturated rings. The number of unbranched alkanes of at least 4 members (excludes halogenated alkanes) is 1. The van der Waals surface area contributed by atoms with Crippen LogP contribution in [0.1, 0.15) is 30.1 Å². The SMILES string of the molecule is CCCCOC(=O)c1cccc(S)c1N. The number of para-hydroxylation sites is 1. The molecule has 0 aromatic heterocycles. The second kappa shape index (κ2) is 5.66. The van der Waals surface area contributed by atoms with Crippen molar-refractivity contribution in [3.05, 3.63) is 23.8 Å². The van der Waals surface area contributed by atoms with E-state index in [0.29, 0.717) is 22.8 Å². The lowest BCUT2D eigenvalue weighted by molar-refractivity contribution is 0.0501. The number of nitrogen functional groups attached to an aromatic ring is 1. The second-order valence-electron chi connectivity index (χ2n) is 3.23. The Morgan fingerprint density at radius 3 is 2.93 bits per heavy atom. The smallest absolute Gasteiger partial charge is 0.340 e. The summed E-state index contributed by atoms with van der Waals surface area (Å²) in [5, 5.41) is 0. The van der Waals surface area contributed by atoms with Crippen molar-refractivity contribution in [3.63, 3.8) is 0 Å². The highest BCUT2D eigenvalue weighted by Gasteiger charge is 2.11.